The Kier molecular flexibility index (Phi) is 4.36. The van der Waals surface area contributed by atoms with Gasteiger partial charge in [-0.3, -0.25) is 0 Å². The number of carboxylic acid groups (broad SMARTS) is 1. The number of hydrogen-bond acceptors (Lipinski definition) is 6. The Bertz CT molecular complexity index is 443. The van der Waals surface area contributed by atoms with Crippen molar-refractivity contribution in [2.24, 2.45) is 0 Å². The lowest BCUT2D eigenvalue weighted by Gasteiger charge is -2.33. The van der Waals surface area contributed by atoms with Crippen LogP contribution in [0.3, 0.4) is 0 Å². The molecule has 1 aliphatic rings. The smallest absolute Gasteiger partial charge is 0.329 e. The summed E-state index contributed by atoms with van der Waals surface area (Å²) in [4.78, 5) is 15.9. The first-order valence-electron chi connectivity index (χ1n) is 6.45. The maximum Gasteiger partial charge on any atom is 0.329 e. The van der Waals surface area contributed by atoms with Crippen LogP contribution in [0.5, 0.6) is 0 Å². The monoisotopic (exact) mass is 285 g/mol. The molecule has 1 aromatic rings. The maximum atomic E-state index is 11.5. The molecule has 2 rings (SSSR count). The average molecular weight is 285 g/mol. The Morgan fingerprint density at radius 1 is 1.47 bits per heavy atom. The number of hydrogen-bond donors (Lipinski definition) is 2. The summed E-state index contributed by atoms with van der Waals surface area (Å²) in [5.41, 5.74) is -0.884. The Morgan fingerprint density at radius 2 is 2.16 bits per heavy atom. The number of carbonyl (C=O) groups is 1. The minimum Gasteiger partial charge on any atom is -0.480 e. The van der Waals surface area contributed by atoms with Crippen LogP contribution in [0.15, 0.2) is 0 Å². The molecule has 6 nitrogen and oxygen atoms in total. The van der Waals surface area contributed by atoms with Crippen molar-refractivity contribution in [2.45, 2.75) is 50.7 Å². The van der Waals surface area contributed by atoms with Gasteiger partial charge in [0.05, 0.1) is 0 Å². The number of rotatable bonds is 5. The van der Waals surface area contributed by atoms with Gasteiger partial charge in [-0.25, -0.2) is 9.78 Å². The van der Waals surface area contributed by atoms with Gasteiger partial charge in [-0.1, -0.05) is 19.3 Å². The molecule has 0 spiro atoms. The van der Waals surface area contributed by atoms with Gasteiger partial charge in [0.25, 0.3) is 0 Å². The first-order valence-corrected chi connectivity index (χ1v) is 7.23. The van der Waals surface area contributed by atoms with Gasteiger partial charge in [-0.2, -0.15) is 4.37 Å². The summed E-state index contributed by atoms with van der Waals surface area (Å²) in [5.74, 6) is -0.213. The van der Waals surface area contributed by atoms with Crippen LogP contribution in [0.2, 0.25) is 0 Å². The molecule has 0 radical (unpaired) electrons. The highest BCUT2D eigenvalue weighted by molar-refractivity contribution is 7.09. The van der Waals surface area contributed by atoms with E-state index in [9.17, 15) is 9.90 Å². The molecule has 2 N–H and O–H groups in total. The number of methoxy groups -OCH3 is 1. The molecule has 1 aromatic heterocycles. The molecule has 0 bridgehead atoms. The van der Waals surface area contributed by atoms with Crippen LogP contribution < -0.4 is 5.32 Å². The van der Waals surface area contributed by atoms with Crippen molar-refractivity contribution >= 4 is 22.6 Å². The average Bonchev–Trinajstić information content (AvgIpc) is 2.87. The van der Waals surface area contributed by atoms with Crippen LogP contribution in [0.25, 0.3) is 0 Å². The zero-order valence-electron chi connectivity index (χ0n) is 11.2. The minimum absolute atomic E-state index is 0.182. The van der Waals surface area contributed by atoms with E-state index in [4.69, 9.17) is 4.74 Å². The van der Waals surface area contributed by atoms with Gasteiger partial charge in [0.2, 0.25) is 5.13 Å². The van der Waals surface area contributed by atoms with Crippen molar-refractivity contribution in [2.75, 3.05) is 12.4 Å². The van der Waals surface area contributed by atoms with E-state index in [1.54, 1.807) is 7.11 Å². The van der Waals surface area contributed by atoms with Crippen molar-refractivity contribution in [3.05, 3.63) is 5.82 Å². The third-order valence-corrected chi connectivity index (χ3v) is 4.27. The molecule has 1 unspecified atom stereocenters. The molecule has 0 amide bonds. The van der Waals surface area contributed by atoms with E-state index in [2.05, 4.69) is 14.7 Å². The Morgan fingerprint density at radius 3 is 2.74 bits per heavy atom. The number of aliphatic carboxylic acids is 1. The highest BCUT2D eigenvalue weighted by atomic mass is 32.1. The molecule has 1 heterocycles. The van der Waals surface area contributed by atoms with Crippen LogP contribution in [0.4, 0.5) is 5.13 Å². The van der Waals surface area contributed by atoms with Crippen LogP contribution in [-0.4, -0.2) is 33.1 Å². The number of anilines is 1. The van der Waals surface area contributed by atoms with Crippen molar-refractivity contribution in [3.8, 4) is 0 Å². The SMILES string of the molecule is COC(C)c1nsc(NC2(C(=O)O)CCCCC2)n1. The van der Waals surface area contributed by atoms with Gasteiger partial charge in [-0.15, -0.1) is 0 Å². The Balaban J connectivity index is 2.13. The van der Waals surface area contributed by atoms with Gasteiger partial charge >= 0.3 is 5.97 Å². The van der Waals surface area contributed by atoms with Gasteiger partial charge in [0.15, 0.2) is 5.82 Å². The summed E-state index contributed by atoms with van der Waals surface area (Å²) in [6.45, 7) is 1.86. The highest BCUT2D eigenvalue weighted by Gasteiger charge is 2.40. The van der Waals surface area contributed by atoms with Gasteiger partial charge in [0.1, 0.15) is 11.6 Å². The molecule has 1 saturated carbocycles. The van der Waals surface area contributed by atoms with Gasteiger partial charge < -0.3 is 15.2 Å². The molecule has 0 aliphatic heterocycles. The van der Waals surface area contributed by atoms with Crippen molar-refractivity contribution in [1.82, 2.24) is 9.36 Å². The summed E-state index contributed by atoms with van der Waals surface area (Å²) in [7, 11) is 1.60. The number of aromatic nitrogens is 2. The summed E-state index contributed by atoms with van der Waals surface area (Å²) < 4.78 is 9.34. The molecule has 1 atom stereocenters. The van der Waals surface area contributed by atoms with E-state index in [0.29, 0.717) is 23.8 Å². The minimum atomic E-state index is -0.884. The van der Waals surface area contributed by atoms with Crippen molar-refractivity contribution in [1.29, 1.82) is 0 Å². The first kappa shape index (κ1) is 14.2. The number of ether oxygens (including phenoxy) is 1. The number of nitrogens with one attached hydrogen (secondary N) is 1. The van der Waals surface area contributed by atoms with Crippen LogP contribution >= 0.6 is 11.5 Å². The fourth-order valence-corrected chi connectivity index (χ4v) is 3.05. The second kappa shape index (κ2) is 5.83. The first-order chi connectivity index (χ1) is 9.07. The molecule has 7 heteroatoms. The fourth-order valence-electron chi connectivity index (χ4n) is 2.31. The molecule has 1 fully saturated rings. The predicted octanol–water partition coefficient (Wildman–Crippen LogP) is 2.44. The predicted molar refractivity (Wildman–Crippen MR) is 72.4 cm³/mol. The normalized spacial score (nSPS) is 19.9. The van der Waals surface area contributed by atoms with E-state index < -0.39 is 11.5 Å². The third-order valence-electron chi connectivity index (χ3n) is 3.62. The molecule has 106 valence electrons. The summed E-state index contributed by atoms with van der Waals surface area (Å²) in [6, 6.07) is 0. The number of carboxylic acids is 1. The maximum absolute atomic E-state index is 11.5. The third kappa shape index (κ3) is 3.03. The van der Waals surface area contributed by atoms with E-state index >= 15 is 0 Å². The topological polar surface area (TPSA) is 84.3 Å². The zero-order valence-corrected chi connectivity index (χ0v) is 12.0. The number of nitrogens with zero attached hydrogens (tertiary/aromatic N) is 2. The standard InChI is InChI=1S/C12H19N3O3S/c1-8(18-2)9-13-11(19-15-9)14-12(10(16)17)6-4-3-5-7-12/h8H,3-7H2,1-2H3,(H,16,17)(H,13,14,15). The summed E-state index contributed by atoms with van der Waals surface area (Å²) in [6.07, 6.45) is 4.05. The van der Waals surface area contributed by atoms with Crippen molar-refractivity contribution < 1.29 is 14.6 Å². The van der Waals surface area contributed by atoms with Crippen LogP contribution in [0, 0.1) is 0 Å². The molecule has 19 heavy (non-hydrogen) atoms. The van der Waals surface area contributed by atoms with E-state index in [1.807, 2.05) is 6.92 Å². The lowest BCUT2D eigenvalue weighted by atomic mass is 9.82. The van der Waals surface area contributed by atoms with Crippen LogP contribution in [0.1, 0.15) is 51.0 Å². The quantitative estimate of drug-likeness (QED) is 0.864. The van der Waals surface area contributed by atoms with Crippen LogP contribution in [-0.2, 0) is 9.53 Å². The second-order valence-electron chi connectivity index (χ2n) is 4.91. The van der Waals surface area contributed by atoms with E-state index in [0.717, 1.165) is 19.3 Å². The molecular formula is C12H19N3O3S. The van der Waals surface area contributed by atoms with Crippen molar-refractivity contribution in [3.63, 3.8) is 0 Å². The highest BCUT2D eigenvalue weighted by Crippen LogP contribution is 2.33. The molecule has 0 saturated heterocycles. The van der Waals surface area contributed by atoms with Gasteiger partial charge in [-0.05, 0) is 19.8 Å². The lowest BCUT2D eigenvalue weighted by Crippen LogP contribution is -2.47. The Labute approximate surface area is 116 Å². The Hall–Kier alpha value is -1.21. The lowest BCUT2D eigenvalue weighted by molar-refractivity contribution is -0.143. The van der Waals surface area contributed by atoms with E-state index in [1.165, 1.54) is 11.5 Å². The summed E-state index contributed by atoms with van der Waals surface area (Å²) in [5, 5.41) is 13.1. The largest absolute Gasteiger partial charge is 0.480 e. The van der Waals surface area contributed by atoms with E-state index in [-0.39, 0.29) is 6.10 Å². The fraction of sp³-hybridized carbons (Fsp3) is 0.750. The summed E-state index contributed by atoms with van der Waals surface area (Å²) >= 11 is 1.19. The second-order valence-corrected chi connectivity index (χ2v) is 5.66. The molecule has 0 aromatic carbocycles. The molecular weight excluding hydrogens is 266 g/mol. The zero-order chi connectivity index (χ0) is 13.9. The van der Waals surface area contributed by atoms with Gasteiger partial charge in [0, 0.05) is 18.6 Å². The molecule has 1 aliphatic carbocycles.